The number of nitrogen functional groups attached to an aromatic ring is 1. The average Bonchev–Trinajstić information content (AvgIpc) is 2.33. The summed E-state index contributed by atoms with van der Waals surface area (Å²) < 4.78 is 0.805. The van der Waals surface area contributed by atoms with Crippen LogP contribution < -0.4 is 10.6 Å². The van der Waals surface area contributed by atoms with Gasteiger partial charge in [0.25, 0.3) is 0 Å². The van der Waals surface area contributed by atoms with E-state index in [4.69, 9.17) is 5.73 Å². The number of aromatic nitrogens is 2. The standard InChI is InChI=1S/C11H18BrN5/c1-16(2)8-4-3-5-17(6-8)11-9(12)10(13)14-7-15-11/h7-8H,3-6H2,1-2H3,(H2,13,14,15). The Morgan fingerprint density at radius 2 is 2.24 bits per heavy atom. The summed E-state index contributed by atoms with van der Waals surface area (Å²) in [4.78, 5) is 12.8. The maximum Gasteiger partial charge on any atom is 0.148 e. The Balaban J connectivity index is 2.19. The molecule has 2 N–H and O–H groups in total. The van der Waals surface area contributed by atoms with Crippen molar-refractivity contribution in [1.82, 2.24) is 14.9 Å². The number of anilines is 2. The first-order chi connectivity index (χ1) is 8.09. The smallest absolute Gasteiger partial charge is 0.148 e. The predicted molar refractivity (Wildman–Crippen MR) is 73.1 cm³/mol. The van der Waals surface area contributed by atoms with Crippen molar-refractivity contribution in [1.29, 1.82) is 0 Å². The maximum absolute atomic E-state index is 5.79. The largest absolute Gasteiger partial charge is 0.383 e. The Labute approximate surface area is 110 Å². The molecule has 0 aromatic carbocycles. The summed E-state index contributed by atoms with van der Waals surface area (Å²) in [5, 5.41) is 0. The van der Waals surface area contributed by atoms with Gasteiger partial charge in [-0.2, -0.15) is 0 Å². The molecule has 94 valence electrons. The zero-order chi connectivity index (χ0) is 12.4. The first kappa shape index (κ1) is 12.6. The van der Waals surface area contributed by atoms with E-state index in [0.29, 0.717) is 11.9 Å². The minimum Gasteiger partial charge on any atom is -0.383 e. The molecule has 6 heteroatoms. The second-order valence-electron chi connectivity index (χ2n) is 4.60. The van der Waals surface area contributed by atoms with Crippen LogP contribution in [0.3, 0.4) is 0 Å². The normalized spacial score (nSPS) is 20.9. The predicted octanol–water partition coefficient (Wildman–Crippen LogP) is 1.35. The van der Waals surface area contributed by atoms with Gasteiger partial charge in [-0.15, -0.1) is 0 Å². The summed E-state index contributed by atoms with van der Waals surface area (Å²) in [5.74, 6) is 1.41. The van der Waals surface area contributed by atoms with Crippen LogP contribution in [0.1, 0.15) is 12.8 Å². The molecule has 0 radical (unpaired) electrons. The lowest BCUT2D eigenvalue weighted by Crippen LogP contribution is -2.45. The molecule has 1 aromatic heterocycles. The highest BCUT2D eigenvalue weighted by molar-refractivity contribution is 9.10. The van der Waals surface area contributed by atoms with E-state index in [-0.39, 0.29) is 0 Å². The fraction of sp³-hybridized carbons (Fsp3) is 0.636. The molecule has 2 heterocycles. The van der Waals surface area contributed by atoms with Crippen LogP contribution >= 0.6 is 15.9 Å². The molecular weight excluding hydrogens is 282 g/mol. The van der Waals surface area contributed by atoms with E-state index in [2.05, 4.69) is 49.8 Å². The van der Waals surface area contributed by atoms with Crippen molar-refractivity contribution < 1.29 is 0 Å². The van der Waals surface area contributed by atoms with E-state index in [1.807, 2.05) is 0 Å². The molecule has 0 amide bonds. The second-order valence-corrected chi connectivity index (χ2v) is 5.40. The average molecular weight is 300 g/mol. The van der Waals surface area contributed by atoms with E-state index in [0.717, 1.165) is 23.4 Å². The Morgan fingerprint density at radius 1 is 1.47 bits per heavy atom. The first-order valence-electron chi connectivity index (χ1n) is 5.77. The molecule has 1 saturated heterocycles. The summed E-state index contributed by atoms with van der Waals surface area (Å²) in [7, 11) is 4.25. The van der Waals surface area contributed by atoms with Crippen LogP contribution in [0.2, 0.25) is 0 Å². The van der Waals surface area contributed by atoms with Gasteiger partial charge in [0.05, 0.1) is 0 Å². The van der Waals surface area contributed by atoms with Crippen molar-refractivity contribution in [2.45, 2.75) is 18.9 Å². The van der Waals surface area contributed by atoms with Crippen LogP contribution in [-0.4, -0.2) is 48.1 Å². The van der Waals surface area contributed by atoms with E-state index in [9.17, 15) is 0 Å². The number of hydrogen-bond donors (Lipinski definition) is 1. The van der Waals surface area contributed by atoms with Gasteiger partial charge in [0.2, 0.25) is 0 Å². The number of hydrogen-bond acceptors (Lipinski definition) is 5. The molecule has 5 nitrogen and oxygen atoms in total. The highest BCUT2D eigenvalue weighted by atomic mass is 79.9. The van der Waals surface area contributed by atoms with E-state index in [1.54, 1.807) is 0 Å². The lowest BCUT2D eigenvalue weighted by Gasteiger charge is -2.37. The molecule has 0 bridgehead atoms. The van der Waals surface area contributed by atoms with Gasteiger partial charge in [0, 0.05) is 19.1 Å². The van der Waals surface area contributed by atoms with Crippen LogP contribution in [-0.2, 0) is 0 Å². The molecule has 1 atom stereocenters. The molecule has 0 spiro atoms. The zero-order valence-electron chi connectivity index (χ0n) is 10.2. The van der Waals surface area contributed by atoms with Gasteiger partial charge in [0.15, 0.2) is 0 Å². The van der Waals surface area contributed by atoms with Gasteiger partial charge < -0.3 is 15.5 Å². The number of nitrogens with two attached hydrogens (primary N) is 1. The molecule has 17 heavy (non-hydrogen) atoms. The fourth-order valence-electron chi connectivity index (χ4n) is 2.16. The number of likely N-dealkylation sites (N-methyl/N-ethyl adjacent to an activating group) is 1. The van der Waals surface area contributed by atoms with Crippen molar-refractivity contribution in [3.8, 4) is 0 Å². The van der Waals surface area contributed by atoms with Gasteiger partial charge in [-0.25, -0.2) is 9.97 Å². The van der Waals surface area contributed by atoms with Gasteiger partial charge in [0.1, 0.15) is 22.4 Å². The second kappa shape index (κ2) is 5.18. The summed E-state index contributed by atoms with van der Waals surface area (Å²) in [6.45, 7) is 2.02. The molecule has 1 aliphatic rings. The quantitative estimate of drug-likeness (QED) is 0.893. The van der Waals surface area contributed by atoms with Crippen LogP contribution in [0.25, 0.3) is 0 Å². The first-order valence-corrected chi connectivity index (χ1v) is 6.56. The van der Waals surface area contributed by atoms with E-state index >= 15 is 0 Å². The molecular formula is C11H18BrN5. The number of halogens is 1. The van der Waals surface area contributed by atoms with Crippen molar-refractivity contribution in [2.75, 3.05) is 37.8 Å². The van der Waals surface area contributed by atoms with E-state index < -0.39 is 0 Å². The van der Waals surface area contributed by atoms with Crippen molar-refractivity contribution >= 4 is 27.6 Å². The highest BCUT2D eigenvalue weighted by Crippen LogP contribution is 2.29. The number of piperidine rings is 1. The van der Waals surface area contributed by atoms with Crippen LogP contribution in [0.4, 0.5) is 11.6 Å². The van der Waals surface area contributed by atoms with E-state index in [1.165, 1.54) is 19.2 Å². The summed E-state index contributed by atoms with van der Waals surface area (Å²) >= 11 is 3.47. The van der Waals surface area contributed by atoms with Crippen molar-refractivity contribution in [3.05, 3.63) is 10.8 Å². The Bertz CT molecular complexity index is 395. The molecule has 0 aliphatic carbocycles. The molecule has 1 aliphatic heterocycles. The lowest BCUT2D eigenvalue weighted by atomic mass is 10.1. The minimum atomic E-state index is 0.502. The Kier molecular flexibility index (Phi) is 3.83. The molecule has 1 unspecified atom stereocenters. The SMILES string of the molecule is CN(C)C1CCCN(c2ncnc(N)c2Br)C1. The summed E-state index contributed by atoms with van der Waals surface area (Å²) in [5.41, 5.74) is 5.79. The zero-order valence-corrected chi connectivity index (χ0v) is 11.8. The fourth-order valence-corrected chi connectivity index (χ4v) is 2.62. The highest BCUT2D eigenvalue weighted by Gasteiger charge is 2.24. The Hall–Kier alpha value is -0.880. The third kappa shape index (κ3) is 2.69. The molecule has 0 saturated carbocycles. The van der Waals surface area contributed by atoms with Crippen molar-refractivity contribution in [3.63, 3.8) is 0 Å². The minimum absolute atomic E-state index is 0.502. The van der Waals surface area contributed by atoms with Crippen LogP contribution in [0.15, 0.2) is 10.8 Å². The molecule has 1 aromatic rings. The summed E-state index contributed by atoms with van der Waals surface area (Å²) in [6, 6.07) is 0.576. The summed E-state index contributed by atoms with van der Waals surface area (Å²) in [6.07, 6.45) is 3.94. The third-order valence-electron chi connectivity index (χ3n) is 3.22. The lowest BCUT2D eigenvalue weighted by molar-refractivity contribution is 0.257. The Morgan fingerprint density at radius 3 is 2.94 bits per heavy atom. The monoisotopic (exact) mass is 299 g/mol. The third-order valence-corrected chi connectivity index (χ3v) is 3.99. The molecule has 1 fully saturated rings. The van der Waals surface area contributed by atoms with Crippen LogP contribution in [0.5, 0.6) is 0 Å². The van der Waals surface area contributed by atoms with Gasteiger partial charge in [-0.05, 0) is 42.9 Å². The van der Waals surface area contributed by atoms with Crippen LogP contribution in [0, 0.1) is 0 Å². The molecule has 2 rings (SSSR count). The van der Waals surface area contributed by atoms with Crippen molar-refractivity contribution in [2.24, 2.45) is 0 Å². The topological polar surface area (TPSA) is 58.3 Å². The van der Waals surface area contributed by atoms with Gasteiger partial charge in [-0.1, -0.05) is 0 Å². The maximum atomic E-state index is 5.79. The number of nitrogens with zero attached hydrogens (tertiary/aromatic N) is 4. The number of rotatable bonds is 2. The van der Waals surface area contributed by atoms with Gasteiger partial charge in [-0.3, -0.25) is 0 Å². The van der Waals surface area contributed by atoms with Gasteiger partial charge >= 0.3 is 0 Å².